The fraction of sp³-hybridized carbons (Fsp3) is 0.125. The van der Waals surface area contributed by atoms with Gasteiger partial charge in [-0.05, 0) is 24.3 Å². The van der Waals surface area contributed by atoms with Crippen LogP contribution in [0.2, 0.25) is 0 Å². The number of urea groups is 1. The number of hydrogen-bond acceptors (Lipinski definition) is 6. The number of thioether (sulfide) groups is 1. The van der Waals surface area contributed by atoms with Gasteiger partial charge in [0.25, 0.3) is 5.56 Å². The third-order valence-electron chi connectivity index (χ3n) is 3.32. The average Bonchev–Trinajstić information content (AvgIpc) is 3.08. The zero-order valence-electron chi connectivity index (χ0n) is 13.0. The predicted molar refractivity (Wildman–Crippen MR) is 92.3 cm³/mol. The van der Waals surface area contributed by atoms with Crippen LogP contribution in [0.5, 0.6) is 0 Å². The van der Waals surface area contributed by atoms with Crippen molar-refractivity contribution in [1.29, 1.82) is 0 Å². The van der Waals surface area contributed by atoms with Gasteiger partial charge in [0, 0.05) is 0 Å². The number of nitrogens with two attached hydrogens (primary N) is 1. The van der Waals surface area contributed by atoms with Gasteiger partial charge in [0.1, 0.15) is 5.76 Å². The van der Waals surface area contributed by atoms with Crippen molar-refractivity contribution in [3.05, 3.63) is 58.8 Å². The van der Waals surface area contributed by atoms with Crippen LogP contribution >= 0.6 is 11.8 Å². The number of para-hydroxylation sites is 1. The molecular weight excluding hydrogens is 344 g/mol. The number of nitrogens with one attached hydrogen (secondary N) is 1. The van der Waals surface area contributed by atoms with Gasteiger partial charge in [-0.3, -0.25) is 19.5 Å². The molecular formula is C16H14N4O4S. The Morgan fingerprint density at radius 3 is 2.76 bits per heavy atom. The molecule has 0 unspecified atom stereocenters. The van der Waals surface area contributed by atoms with Crippen molar-refractivity contribution < 1.29 is 14.0 Å². The maximum atomic E-state index is 12.8. The van der Waals surface area contributed by atoms with Crippen LogP contribution in [-0.4, -0.2) is 27.2 Å². The van der Waals surface area contributed by atoms with Gasteiger partial charge in [0.2, 0.25) is 5.91 Å². The van der Waals surface area contributed by atoms with E-state index in [1.807, 2.05) is 5.32 Å². The van der Waals surface area contributed by atoms with E-state index in [4.69, 9.17) is 10.2 Å². The van der Waals surface area contributed by atoms with Gasteiger partial charge in [-0.2, -0.15) is 0 Å². The van der Waals surface area contributed by atoms with E-state index in [2.05, 4.69) is 4.98 Å². The second-order valence-electron chi connectivity index (χ2n) is 5.08. The lowest BCUT2D eigenvalue weighted by molar-refractivity contribution is -0.117. The minimum Gasteiger partial charge on any atom is -0.467 e. The normalized spacial score (nSPS) is 10.7. The lowest BCUT2D eigenvalue weighted by atomic mass is 10.2. The van der Waals surface area contributed by atoms with Gasteiger partial charge in [0.05, 0.1) is 29.5 Å². The molecule has 2 aromatic heterocycles. The van der Waals surface area contributed by atoms with Crippen molar-refractivity contribution in [3.63, 3.8) is 0 Å². The Balaban J connectivity index is 1.97. The van der Waals surface area contributed by atoms with Crippen molar-refractivity contribution in [2.45, 2.75) is 11.7 Å². The Bertz CT molecular complexity index is 981. The van der Waals surface area contributed by atoms with Gasteiger partial charge >= 0.3 is 6.03 Å². The Kier molecular flexibility index (Phi) is 4.85. The summed E-state index contributed by atoms with van der Waals surface area (Å²) in [5, 5.41) is 2.79. The first-order valence-electron chi connectivity index (χ1n) is 7.28. The summed E-state index contributed by atoms with van der Waals surface area (Å²) in [7, 11) is 0. The summed E-state index contributed by atoms with van der Waals surface area (Å²) in [6, 6.07) is 9.50. The summed E-state index contributed by atoms with van der Waals surface area (Å²) in [4.78, 5) is 39.6. The predicted octanol–water partition coefficient (Wildman–Crippen LogP) is 1.32. The molecule has 1 aromatic carbocycles. The summed E-state index contributed by atoms with van der Waals surface area (Å²) in [6.45, 7) is 0.184. The molecule has 0 atom stereocenters. The molecule has 0 saturated carbocycles. The Hall–Kier alpha value is -3.07. The number of amides is 3. The van der Waals surface area contributed by atoms with E-state index in [-0.39, 0.29) is 17.9 Å². The van der Waals surface area contributed by atoms with Gasteiger partial charge in [-0.1, -0.05) is 23.9 Å². The zero-order valence-corrected chi connectivity index (χ0v) is 13.8. The van der Waals surface area contributed by atoms with E-state index >= 15 is 0 Å². The SMILES string of the molecule is NC(=O)NC(=O)CSc1nc2ccccc2c(=O)n1Cc1ccco1. The van der Waals surface area contributed by atoms with Gasteiger partial charge in [0.15, 0.2) is 5.16 Å². The smallest absolute Gasteiger partial charge is 0.318 e. The monoisotopic (exact) mass is 358 g/mol. The van der Waals surface area contributed by atoms with Crippen LogP contribution in [0.15, 0.2) is 57.0 Å². The third kappa shape index (κ3) is 3.89. The number of furan rings is 1. The van der Waals surface area contributed by atoms with Gasteiger partial charge < -0.3 is 10.2 Å². The molecule has 0 bridgehead atoms. The molecule has 9 heteroatoms. The lowest BCUT2D eigenvalue weighted by Gasteiger charge is -2.11. The van der Waals surface area contributed by atoms with E-state index in [9.17, 15) is 14.4 Å². The van der Waals surface area contributed by atoms with E-state index < -0.39 is 11.9 Å². The molecule has 0 spiro atoms. The molecule has 3 amide bonds. The third-order valence-corrected chi connectivity index (χ3v) is 4.29. The van der Waals surface area contributed by atoms with Crippen LogP contribution in [0.3, 0.4) is 0 Å². The number of nitrogens with zero attached hydrogens (tertiary/aromatic N) is 2. The van der Waals surface area contributed by atoms with Gasteiger partial charge in [-0.15, -0.1) is 0 Å². The summed E-state index contributed by atoms with van der Waals surface area (Å²) in [5.41, 5.74) is 5.21. The van der Waals surface area contributed by atoms with Crippen molar-refractivity contribution in [2.24, 2.45) is 5.73 Å². The topological polar surface area (TPSA) is 120 Å². The average molecular weight is 358 g/mol. The summed E-state index contributed by atoms with van der Waals surface area (Å²) >= 11 is 1.04. The van der Waals surface area contributed by atoms with E-state index in [1.54, 1.807) is 36.4 Å². The number of aromatic nitrogens is 2. The molecule has 0 saturated heterocycles. The molecule has 25 heavy (non-hydrogen) atoms. The zero-order chi connectivity index (χ0) is 17.8. The first-order chi connectivity index (χ1) is 12.0. The summed E-state index contributed by atoms with van der Waals surface area (Å²) in [6.07, 6.45) is 1.52. The highest BCUT2D eigenvalue weighted by atomic mass is 32.2. The maximum Gasteiger partial charge on any atom is 0.318 e. The molecule has 2 heterocycles. The number of hydrogen-bond donors (Lipinski definition) is 2. The first-order valence-corrected chi connectivity index (χ1v) is 8.27. The van der Waals surface area contributed by atoms with Crippen molar-refractivity contribution >= 4 is 34.6 Å². The molecule has 8 nitrogen and oxygen atoms in total. The van der Waals surface area contributed by atoms with Crippen molar-refractivity contribution in [2.75, 3.05) is 5.75 Å². The second kappa shape index (κ2) is 7.22. The van der Waals surface area contributed by atoms with Crippen LogP contribution in [0, 0.1) is 0 Å². The number of primary amides is 1. The number of carbonyl (C=O) groups is 2. The van der Waals surface area contributed by atoms with E-state index in [0.717, 1.165) is 11.8 Å². The minimum absolute atomic E-state index is 0.105. The lowest BCUT2D eigenvalue weighted by Crippen LogP contribution is -2.36. The Morgan fingerprint density at radius 1 is 1.24 bits per heavy atom. The fourth-order valence-corrected chi connectivity index (χ4v) is 3.06. The maximum absolute atomic E-state index is 12.8. The molecule has 0 aliphatic carbocycles. The molecule has 128 valence electrons. The van der Waals surface area contributed by atoms with Crippen LogP contribution in [-0.2, 0) is 11.3 Å². The molecule has 3 rings (SSSR count). The van der Waals surface area contributed by atoms with E-state index in [0.29, 0.717) is 21.8 Å². The molecule has 0 aliphatic rings. The largest absolute Gasteiger partial charge is 0.467 e. The molecule has 0 aliphatic heterocycles. The van der Waals surface area contributed by atoms with Crippen LogP contribution < -0.4 is 16.6 Å². The molecule has 0 radical (unpaired) electrons. The summed E-state index contributed by atoms with van der Waals surface area (Å²) < 4.78 is 6.73. The Labute approximate surface area is 146 Å². The van der Waals surface area contributed by atoms with E-state index in [1.165, 1.54) is 10.8 Å². The highest BCUT2D eigenvalue weighted by molar-refractivity contribution is 7.99. The number of carbonyl (C=O) groups excluding carboxylic acids is 2. The van der Waals surface area contributed by atoms with Crippen LogP contribution in [0.4, 0.5) is 4.79 Å². The van der Waals surface area contributed by atoms with Crippen LogP contribution in [0.25, 0.3) is 10.9 Å². The van der Waals surface area contributed by atoms with Crippen LogP contribution in [0.1, 0.15) is 5.76 Å². The standard InChI is InChI=1S/C16H14N4O4S/c17-15(23)19-13(21)9-25-16-18-12-6-2-1-5-11(12)14(22)20(16)8-10-4-3-7-24-10/h1-7H,8-9H2,(H3,17,19,21,23). The number of benzene rings is 1. The number of rotatable bonds is 5. The number of fused-ring (bicyclic) bond motifs is 1. The second-order valence-corrected chi connectivity index (χ2v) is 6.03. The van der Waals surface area contributed by atoms with Crippen molar-refractivity contribution in [1.82, 2.24) is 14.9 Å². The molecule has 3 N–H and O–H groups in total. The first kappa shape index (κ1) is 16.8. The Morgan fingerprint density at radius 2 is 2.04 bits per heavy atom. The highest BCUT2D eigenvalue weighted by Crippen LogP contribution is 2.19. The van der Waals surface area contributed by atoms with Gasteiger partial charge in [-0.25, -0.2) is 9.78 Å². The molecule has 3 aromatic rings. The van der Waals surface area contributed by atoms with Crippen molar-refractivity contribution in [3.8, 4) is 0 Å². The fourth-order valence-electron chi connectivity index (χ4n) is 2.26. The number of imide groups is 1. The molecule has 0 fully saturated rings. The summed E-state index contributed by atoms with van der Waals surface area (Å²) in [5.74, 6) is -0.0848. The quantitative estimate of drug-likeness (QED) is 0.524. The highest BCUT2D eigenvalue weighted by Gasteiger charge is 2.15. The minimum atomic E-state index is -0.926.